The summed E-state index contributed by atoms with van der Waals surface area (Å²) in [6.45, 7) is 2.09. The quantitative estimate of drug-likeness (QED) is 0.311. The number of thioether (sulfide) groups is 1. The molecule has 0 bridgehead atoms. The third-order valence-electron chi connectivity index (χ3n) is 5.90. The lowest BCUT2D eigenvalue weighted by Crippen LogP contribution is -2.37. The minimum atomic E-state index is -2.69. The molecular formula is C21H22N5O6PS. The van der Waals surface area contributed by atoms with Gasteiger partial charge in [0.2, 0.25) is 5.78 Å². The normalized spacial score (nSPS) is 26.9. The van der Waals surface area contributed by atoms with Crippen molar-refractivity contribution in [1.29, 1.82) is 0 Å². The van der Waals surface area contributed by atoms with Crippen LogP contribution in [0.25, 0.3) is 28.2 Å². The first kappa shape index (κ1) is 22.0. The molecule has 2 aliphatic heterocycles. The number of aromatic nitrogens is 5. The van der Waals surface area contributed by atoms with Gasteiger partial charge in [-0.3, -0.25) is 13.9 Å². The van der Waals surface area contributed by atoms with Gasteiger partial charge < -0.3 is 23.9 Å². The van der Waals surface area contributed by atoms with Crippen molar-refractivity contribution < 1.29 is 23.5 Å². The molecule has 0 spiro atoms. The van der Waals surface area contributed by atoms with E-state index in [0.29, 0.717) is 16.6 Å². The number of H-pyrrole nitrogens is 1. The zero-order valence-corrected chi connectivity index (χ0v) is 19.9. The van der Waals surface area contributed by atoms with Gasteiger partial charge in [-0.15, -0.1) is 0 Å². The molecule has 0 aliphatic carbocycles. The fraction of sp³-hybridized carbons (Fsp3) is 0.381. The minimum absolute atomic E-state index is 0.0531. The highest BCUT2D eigenvalue weighted by molar-refractivity contribution is 7.99. The first-order valence-electron chi connectivity index (χ1n) is 10.9. The number of ether oxygens (including phenoxy) is 1. The van der Waals surface area contributed by atoms with Crippen molar-refractivity contribution in [2.75, 3.05) is 12.4 Å². The van der Waals surface area contributed by atoms with E-state index in [4.69, 9.17) is 18.8 Å². The molecule has 2 saturated heterocycles. The van der Waals surface area contributed by atoms with E-state index < -0.39 is 32.8 Å². The maximum atomic E-state index is 13.4. The molecule has 13 heteroatoms. The summed E-state index contributed by atoms with van der Waals surface area (Å²) in [4.78, 5) is 25.9. The summed E-state index contributed by atoms with van der Waals surface area (Å²) in [5, 5.41) is 11.5. The average molecular weight is 503 g/mol. The van der Waals surface area contributed by atoms with Crippen LogP contribution in [-0.4, -0.2) is 59.7 Å². The van der Waals surface area contributed by atoms with Gasteiger partial charge in [-0.1, -0.05) is 49.0 Å². The highest BCUT2D eigenvalue weighted by atomic mass is 32.2. The van der Waals surface area contributed by atoms with E-state index in [1.54, 1.807) is 10.8 Å². The Morgan fingerprint density at radius 3 is 2.91 bits per heavy atom. The van der Waals surface area contributed by atoms with Gasteiger partial charge >= 0.3 is 8.25 Å². The van der Waals surface area contributed by atoms with Crippen LogP contribution in [0.3, 0.4) is 0 Å². The van der Waals surface area contributed by atoms with Gasteiger partial charge in [0.15, 0.2) is 22.5 Å². The van der Waals surface area contributed by atoms with Crippen LogP contribution in [0.2, 0.25) is 0 Å². The van der Waals surface area contributed by atoms with Crippen LogP contribution in [0.1, 0.15) is 19.6 Å². The number of aliphatic hydroxyl groups excluding tert-OH is 1. The Kier molecular flexibility index (Phi) is 5.59. The van der Waals surface area contributed by atoms with Crippen LogP contribution in [0.4, 0.5) is 0 Å². The lowest BCUT2D eigenvalue weighted by atomic mass is 10.1. The molecule has 3 aromatic heterocycles. The second-order valence-electron chi connectivity index (χ2n) is 8.13. The second-order valence-corrected chi connectivity index (χ2v) is 10.2. The lowest BCUT2D eigenvalue weighted by molar-refractivity contribution is -0.0583. The van der Waals surface area contributed by atoms with Crippen LogP contribution in [0.5, 0.6) is 0 Å². The summed E-state index contributed by atoms with van der Waals surface area (Å²) in [7, 11) is -2.69. The highest BCUT2D eigenvalue weighted by Gasteiger charge is 2.50. The molecule has 2 N–H and O–H groups in total. The summed E-state index contributed by atoms with van der Waals surface area (Å²) in [6.07, 6.45) is -0.857. The van der Waals surface area contributed by atoms with Crippen LogP contribution in [0.15, 0.2) is 46.5 Å². The topological polar surface area (TPSA) is 133 Å². The molecule has 0 radical (unpaired) electrons. The van der Waals surface area contributed by atoms with Crippen molar-refractivity contribution in [1.82, 2.24) is 23.9 Å². The molecular weight excluding hydrogens is 481 g/mol. The Hall–Kier alpha value is -2.47. The number of nitrogens with zero attached hydrogens (tertiary/aromatic N) is 4. The largest absolute Gasteiger partial charge is 0.386 e. The van der Waals surface area contributed by atoms with Crippen LogP contribution in [-0.2, 0) is 18.3 Å². The number of imidazole rings is 2. The SMILES string of the molecule is CCCSc1nc2c(=O)n3cc(-c4ccccc4)[nH]c3nc2n1[C@@H]1OC2CO[PH](=O)O[C@H]2[C@@H]1O. The van der Waals surface area contributed by atoms with Crippen LogP contribution >= 0.6 is 20.0 Å². The van der Waals surface area contributed by atoms with Crippen LogP contribution < -0.4 is 5.56 Å². The Morgan fingerprint density at radius 1 is 1.29 bits per heavy atom. The van der Waals surface area contributed by atoms with E-state index in [-0.39, 0.29) is 17.7 Å². The van der Waals surface area contributed by atoms with Gasteiger partial charge in [0, 0.05) is 11.9 Å². The first-order valence-corrected chi connectivity index (χ1v) is 13.1. The Labute approximate surface area is 198 Å². The number of aliphatic hydroxyl groups is 1. The molecule has 4 aromatic rings. The van der Waals surface area contributed by atoms with Crippen LogP contribution in [0, 0.1) is 0 Å². The van der Waals surface area contributed by atoms with Gasteiger partial charge in [-0.2, -0.15) is 4.98 Å². The van der Waals surface area contributed by atoms with E-state index in [0.717, 1.165) is 23.4 Å². The summed E-state index contributed by atoms with van der Waals surface area (Å²) in [5.74, 6) is 1.10. The zero-order chi connectivity index (χ0) is 23.4. The highest BCUT2D eigenvalue weighted by Crippen LogP contribution is 2.44. The predicted octanol–water partition coefficient (Wildman–Crippen LogP) is 2.60. The number of benzene rings is 1. The zero-order valence-electron chi connectivity index (χ0n) is 18.1. The number of hydrogen-bond acceptors (Lipinski definition) is 9. The lowest BCUT2D eigenvalue weighted by Gasteiger charge is -2.24. The maximum absolute atomic E-state index is 13.4. The minimum Gasteiger partial charge on any atom is -0.386 e. The smallest absolute Gasteiger partial charge is 0.319 e. The number of fused-ring (bicyclic) bond motifs is 3. The maximum Gasteiger partial charge on any atom is 0.319 e. The van der Waals surface area contributed by atoms with Gasteiger partial charge in [0.05, 0.1) is 12.3 Å². The summed E-state index contributed by atoms with van der Waals surface area (Å²) in [6, 6.07) is 9.62. The van der Waals surface area contributed by atoms with E-state index >= 15 is 0 Å². The van der Waals surface area contributed by atoms with E-state index in [2.05, 4.69) is 9.97 Å². The van der Waals surface area contributed by atoms with Gasteiger partial charge in [0.1, 0.15) is 18.3 Å². The molecule has 0 saturated carbocycles. The monoisotopic (exact) mass is 503 g/mol. The van der Waals surface area contributed by atoms with Crippen molar-refractivity contribution in [2.24, 2.45) is 0 Å². The molecule has 2 fully saturated rings. The summed E-state index contributed by atoms with van der Waals surface area (Å²) < 4.78 is 31.3. The third kappa shape index (κ3) is 3.53. The van der Waals surface area contributed by atoms with Crippen molar-refractivity contribution in [3.63, 3.8) is 0 Å². The molecule has 2 aliphatic rings. The number of aromatic amines is 1. The first-order chi connectivity index (χ1) is 16.5. The van der Waals surface area contributed by atoms with Crippen molar-refractivity contribution in [2.45, 2.75) is 43.0 Å². The van der Waals surface area contributed by atoms with E-state index in [1.165, 1.54) is 16.2 Å². The molecule has 11 nitrogen and oxygen atoms in total. The fourth-order valence-electron chi connectivity index (χ4n) is 4.31. The Morgan fingerprint density at radius 2 is 2.12 bits per heavy atom. The molecule has 2 unspecified atom stereocenters. The Balaban J connectivity index is 1.51. The standard InChI is InChI=1S/C21H22N5O6PS/c1-2-8-34-21-23-14-17(26(21)19-15(27)16-13(31-19)10-30-33(29)32-16)24-20-22-12(9-25(20)18(14)28)11-6-4-3-5-7-11/h3-7,9,13,15-16,19,27,33H,2,8,10H2,1H3,(H,22,24)/t13?,15-,16+,19+/m0/s1. The molecule has 1 aromatic carbocycles. The molecule has 178 valence electrons. The molecule has 5 atom stereocenters. The third-order valence-corrected chi connectivity index (χ3v) is 7.93. The Bertz CT molecular complexity index is 1450. The number of rotatable bonds is 5. The predicted molar refractivity (Wildman–Crippen MR) is 125 cm³/mol. The van der Waals surface area contributed by atoms with Crippen molar-refractivity contribution >= 4 is 37.0 Å². The molecule has 5 heterocycles. The van der Waals surface area contributed by atoms with Gasteiger partial charge in [0.25, 0.3) is 5.56 Å². The molecule has 6 rings (SSSR count). The van der Waals surface area contributed by atoms with Crippen molar-refractivity contribution in [3.8, 4) is 11.3 Å². The summed E-state index contributed by atoms with van der Waals surface area (Å²) >= 11 is 1.45. The van der Waals surface area contributed by atoms with E-state index in [1.807, 2.05) is 37.3 Å². The van der Waals surface area contributed by atoms with Crippen molar-refractivity contribution in [3.05, 3.63) is 46.9 Å². The number of nitrogens with one attached hydrogen (secondary N) is 1. The van der Waals surface area contributed by atoms with Gasteiger partial charge in [-0.25, -0.2) is 9.38 Å². The molecule has 34 heavy (non-hydrogen) atoms. The summed E-state index contributed by atoms with van der Waals surface area (Å²) in [5.41, 5.74) is 1.79. The van der Waals surface area contributed by atoms with E-state index in [9.17, 15) is 14.5 Å². The molecule has 0 amide bonds. The fourth-order valence-corrected chi connectivity index (χ4v) is 6.06. The second kappa shape index (κ2) is 8.63. The number of hydrogen-bond donors (Lipinski definition) is 2. The van der Waals surface area contributed by atoms with Gasteiger partial charge in [-0.05, 0) is 12.0 Å². The average Bonchev–Trinajstić information content (AvgIpc) is 3.53.